The number of nitrogens with one attached hydrogen (secondary N) is 1. The van der Waals surface area contributed by atoms with Gasteiger partial charge in [0.1, 0.15) is 12.6 Å². The lowest BCUT2D eigenvalue weighted by Crippen LogP contribution is -2.52. The topological polar surface area (TPSA) is 86.8 Å². The van der Waals surface area contributed by atoms with Crippen LogP contribution in [0, 0.1) is 0 Å². The number of carbonyl (C=O) groups excluding carboxylic acids is 2. The SMILES string of the molecule is CCCCNC(=O)C(CC)N(Cc1ccccc1)C(=O)CN(c1ccccc1)S(=O)(=O)c1ccccc1. The fraction of sp³-hybridized carbons (Fsp3) is 0.310. The first-order chi connectivity index (χ1) is 17.9. The van der Waals surface area contributed by atoms with Gasteiger partial charge in [-0.15, -0.1) is 0 Å². The Morgan fingerprint density at radius 2 is 1.41 bits per heavy atom. The molecule has 2 amide bonds. The Balaban J connectivity index is 1.98. The number of hydrogen-bond acceptors (Lipinski definition) is 4. The van der Waals surface area contributed by atoms with Gasteiger partial charge >= 0.3 is 0 Å². The molecule has 3 rings (SSSR count). The number of hydrogen-bond donors (Lipinski definition) is 1. The van der Waals surface area contributed by atoms with Gasteiger partial charge in [-0.2, -0.15) is 0 Å². The van der Waals surface area contributed by atoms with E-state index in [1.165, 1.54) is 17.0 Å². The maximum absolute atomic E-state index is 13.9. The highest BCUT2D eigenvalue weighted by atomic mass is 32.2. The Hall–Kier alpha value is -3.65. The number of rotatable bonds is 13. The van der Waals surface area contributed by atoms with Crippen LogP contribution in [0.1, 0.15) is 38.7 Å². The number of unbranched alkanes of at least 4 members (excludes halogenated alkanes) is 1. The number of anilines is 1. The van der Waals surface area contributed by atoms with Crippen molar-refractivity contribution in [2.75, 3.05) is 17.4 Å². The molecule has 0 spiro atoms. The van der Waals surface area contributed by atoms with Gasteiger partial charge in [0.25, 0.3) is 10.0 Å². The van der Waals surface area contributed by atoms with Crippen molar-refractivity contribution < 1.29 is 18.0 Å². The predicted octanol–water partition coefficient (Wildman–Crippen LogP) is 4.61. The van der Waals surface area contributed by atoms with Crippen molar-refractivity contribution in [3.63, 3.8) is 0 Å². The molecule has 1 atom stereocenters. The summed E-state index contributed by atoms with van der Waals surface area (Å²) in [5.41, 5.74) is 1.23. The van der Waals surface area contributed by atoms with Crippen LogP contribution in [0.25, 0.3) is 0 Å². The molecule has 0 saturated carbocycles. The van der Waals surface area contributed by atoms with Gasteiger partial charge in [-0.1, -0.05) is 87.0 Å². The summed E-state index contributed by atoms with van der Waals surface area (Å²) in [5, 5.41) is 2.93. The third-order valence-corrected chi connectivity index (χ3v) is 7.85. The zero-order valence-corrected chi connectivity index (χ0v) is 22.2. The lowest BCUT2D eigenvalue weighted by molar-refractivity contribution is -0.140. The molecule has 8 heteroatoms. The molecule has 0 fully saturated rings. The van der Waals surface area contributed by atoms with Crippen molar-refractivity contribution in [1.29, 1.82) is 0 Å². The van der Waals surface area contributed by atoms with Crippen LogP contribution in [0.2, 0.25) is 0 Å². The van der Waals surface area contributed by atoms with Gasteiger partial charge in [0.2, 0.25) is 11.8 Å². The molecule has 0 aliphatic rings. The highest BCUT2D eigenvalue weighted by molar-refractivity contribution is 7.92. The van der Waals surface area contributed by atoms with E-state index in [1.54, 1.807) is 48.5 Å². The molecule has 0 bridgehead atoms. The summed E-state index contributed by atoms with van der Waals surface area (Å²) in [6.07, 6.45) is 2.17. The van der Waals surface area contributed by atoms with Crippen LogP contribution >= 0.6 is 0 Å². The van der Waals surface area contributed by atoms with Gasteiger partial charge in [0.05, 0.1) is 10.6 Å². The quantitative estimate of drug-likeness (QED) is 0.333. The molecular weight excluding hydrogens is 486 g/mol. The monoisotopic (exact) mass is 521 g/mol. The summed E-state index contributed by atoms with van der Waals surface area (Å²) in [4.78, 5) is 28.6. The average Bonchev–Trinajstić information content (AvgIpc) is 2.93. The van der Waals surface area contributed by atoms with Crippen LogP contribution in [0.3, 0.4) is 0 Å². The second-order valence-electron chi connectivity index (χ2n) is 8.74. The molecule has 3 aromatic carbocycles. The highest BCUT2D eigenvalue weighted by Crippen LogP contribution is 2.24. The average molecular weight is 522 g/mol. The summed E-state index contributed by atoms with van der Waals surface area (Å²) in [7, 11) is -4.04. The van der Waals surface area contributed by atoms with Crippen LogP contribution in [0.5, 0.6) is 0 Å². The number of para-hydroxylation sites is 1. The highest BCUT2D eigenvalue weighted by Gasteiger charge is 2.33. The summed E-state index contributed by atoms with van der Waals surface area (Å²) in [6, 6.07) is 25.3. The van der Waals surface area contributed by atoms with Gasteiger partial charge < -0.3 is 10.2 Å². The number of amides is 2. The first-order valence-electron chi connectivity index (χ1n) is 12.6. The molecule has 7 nitrogen and oxygen atoms in total. The molecule has 37 heavy (non-hydrogen) atoms. The van der Waals surface area contributed by atoms with Crippen LogP contribution in [-0.2, 0) is 26.2 Å². The van der Waals surface area contributed by atoms with Crippen LogP contribution < -0.4 is 9.62 Å². The van der Waals surface area contributed by atoms with Crippen LogP contribution in [-0.4, -0.2) is 44.3 Å². The normalized spacial score (nSPS) is 11.9. The van der Waals surface area contributed by atoms with Gasteiger partial charge in [0.15, 0.2) is 0 Å². The smallest absolute Gasteiger partial charge is 0.264 e. The standard InChI is InChI=1S/C29H35N3O4S/c1-3-5-21-30-29(34)27(4-2)31(22-24-15-9-6-10-16-24)28(33)23-32(25-17-11-7-12-18-25)37(35,36)26-19-13-8-14-20-26/h6-20,27H,3-5,21-23H2,1-2H3,(H,30,34). The van der Waals surface area contributed by atoms with Crippen LogP contribution in [0.4, 0.5) is 5.69 Å². The second-order valence-corrected chi connectivity index (χ2v) is 10.6. The molecule has 0 aliphatic carbocycles. The number of sulfonamides is 1. The maximum Gasteiger partial charge on any atom is 0.264 e. The minimum absolute atomic E-state index is 0.0885. The minimum atomic E-state index is -4.04. The van der Waals surface area contributed by atoms with Crippen molar-refractivity contribution >= 4 is 27.5 Å². The summed E-state index contributed by atoms with van der Waals surface area (Å²) in [5.74, 6) is -0.692. The Morgan fingerprint density at radius 1 is 0.838 bits per heavy atom. The Labute approximate surface area is 220 Å². The number of nitrogens with zero attached hydrogens (tertiary/aromatic N) is 2. The lowest BCUT2D eigenvalue weighted by atomic mass is 10.1. The maximum atomic E-state index is 13.9. The zero-order chi connectivity index (χ0) is 26.7. The van der Waals surface area contributed by atoms with E-state index in [0.717, 1.165) is 22.7 Å². The minimum Gasteiger partial charge on any atom is -0.354 e. The molecule has 1 unspecified atom stereocenters. The molecule has 0 aliphatic heterocycles. The third kappa shape index (κ3) is 7.43. The van der Waals surface area contributed by atoms with E-state index in [2.05, 4.69) is 5.32 Å². The van der Waals surface area contributed by atoms with Crippen molar-refractivity contribution in [3.05, 3.63) is 96.6 Å². The molecular formula is C29H35N3O4S. The summed E-state index contributed by atoms with van der Waals surface area (Å²) in [6.45, 7) is 4.17. The van der Waals surface area contributed by atoms with Gasteiger partial charge in [-0.05, 0) is 42.7 Å². The van der Waals surface area contributed by atoms with Crippen molar-refractivity contribution in [1.82, 2.24) is 10.2 Å². The first-order valence-corrected chi connectivity index (χ1v) is 14.1. The lowest BCUT2D eigenvalue weighted by Gasteiger charge is -2.33. The Morgan fingerprint density at radius 3 is 1.97 bits per heavy atom. The molecule has 1 N–H and O–H groups in total. The fourth-order valence-electron chi connectivity index (χ4n) is 4.05. The molecule has 196 valence electrons. The summed E-state index contributed by atoms with van der Waals surface area (Å²) >= 11 is 0. The summed E-state index contributed by atoms with van der Waals surface area (Å²) < 4.78 is 28.5. The van der Waals surface area contributed by atoms with Gasteiger partial charge in [-0.3, -0.25) is 13.9 Å². The number of benzene rings is 3. The van der Waals surface area contributed by atoms with Gasteiger partial charge in [0, 0.05) is 13.1 Å². The third-order valence-electron chi connectivity index (χ3n) is 6.07. The molecule has 0 saturated heterocycles. The molecule has 0 heterocycles. The van der Waals surface area contributed by atoms with Crippen molar-refractivity contribution in [3.8, 4) is 0 Å². The van der Waals surface area contributed by atoms with E-state index in [0.29, 0.717) is 18.7 Å². The van der Waals surface area contributed by atoms with E-state index in [9.17, 15) is 18.0 Å². The largest absolute Gasteiger partial charge is 0.354 e. The molecule has 0 aromatic heterocycles. The van der Waals surface area contributed by atoms with E-state index in [1.807, 2.05) is 44.2 Å². The van der Waals surface area contributed by atoms with Crippen molar-refractivity contribution in [2.24, 2.45) is 0 Å². The second kappa shape index (κ2) is 13.6. The van der Waals surface area contributed by atoms with E-state index < -0.39 is 28.5 Å². The van der Waals surface area contributed by atoms with E-state index in [4.69, 9.17) is 0 Å². The Kier molecular flexibility index (Phi) is 10.3. The van der Waals surface area contributed by atoms with Crippen molar-refractivity contribution in [2.45, 2.75) is 50.6 Å². The zero-order valence-electron chi connectivity index (χ0n) is 21.4. The Bertz CT molecular complexity index is 1240. The predicted molar refractivity (Wildman–Crippen MR) is 146 cm³/mol. The van der Waals surface area contributed by atoms with E-state index in [-0.39, 0.29) is 17.3 Å². The first kappa shape index (κ1) is 27.9. The fourth-order valence-corrected chi connectivity index (χ4v) is 5.48. The molecule has 3 aromatic rings. The van der Waals surface area contributed by atoms with Gasteiger partial charge in [-0.25, -0.2) is 8.42 Å². The molecule has 0 radical (unpaired) electrons. The number of carbonyl (C=O) groups is 2. The van der Waals surface area contributed by atoms with E-state index >= 15 is 0 Å². The van der Waals surface area contributed by atoms with Crippen LogP contribution in [0.15, 0.2) is 95.9 Å².